The van der Waals surface area contributed by atoms with E-state index in [2.05, 4.69) is 29.7 Å². The molecule has 2 aromatic rings. The van der Waals surface area contributed by atoms with E-state index in [4.69, 9.17) is 22.9 Å². The molecule has 1 aromatic carbocycles. The van der Waals surface area contributed by atoms with Crippen LogP contribution >= 0.6 is 12.2 Å². The van der Waals surface area contributed by atoms with E-state index in [9.17, 15) is 0 Å². The fourth-order valence-corrected chi connectivity index (χ4v) is 2.70. The summed E-state index contributed by atoms with van der Waals surface area (Å²) in [7, 11) is 0. The van der Waals surface area contributed by atoms with Crippen LogP contribution < -0.4 is 5.73 Å². The van der Waals surface area contributed by atoms with Crippen LogP contribution in [0.1, 0.15) is 37.9 Å². The molecule has 2 N–H and O–H groups in total. The Kier molecular flexibility index (Phi) is 3.27. The fraction of sp³-hybridized carbons (Fsp3) is 0.467. The third kappa shape index (κ3) is 2.25. The molecular weight excluding hydrogens is 254 g/mol. The highest BCUT2D eigenvalue weighted by Gasteiger charge is 2.26. The molecule has 0 spiro atoms. The van der Waals surface area contributed by atoms with E-state index < -0.39 is 0 Å². The van der Waals surface area contributed by atoms with Crippen LogP contribution in [-0.2, 0) is 6.54 Å². The lowest BCUT2D eigenvalue weighted by molar-refractivity contribution is 0.384. The first-order chi connectivity index (χ1) is 9.16. The van der Waals surface area contributed by atoms with Gasteiger partial charge in [0.1, 0.15) is 5.82 Å². The van der Waals surface area contributed by atoms with Crippen LogP contribution in [0.15, 0.2) is 24.3 Å². The van der Waals surface area contributed by atoms with E-state index in [0.717, 1.165) is 12.1 Å². The Balaban J connectivity index is 2.05. The van der Waals surface area contributed by atoms with Crippen LogP contribution in [0.5, 0.6) is 0 Å². The number of aromatic nitrogens is 2. The number of hydrogen-bond donors (Lipinski definition) is 1. The maximum absolute atomic E-state index is 5.77. The van der Waals surface area contributed by atoms with Gasteiger partial charge in [-0.3, -0.25) is 0 Å². The van der Waals surface area contributed by atoms with Crippen LogP contribution in [0, 0.1) is 5.92 Å². The van der Waals surface area contributed by atoms with Gasteiger partial charge in [0.05, 0.1) is 16.0 Å². The van der Waals surface area contributed by atoms with Crippen LogP contribution in [0.3, 0.4) is 0 Å². The summed E-state index contributed by atoms with van der Waals surface area (Å²) in [4.78, 5) is 5.41. The molecule has 1 aliphatic carbocycles. The maximum atomic E-state index is 5.77. The Hall–Kier alpha value is -1.42. The Bertz CT molecular complexity index is 613. The molecule has 3 nitrogen and oxygen atoms in total. The lowest BCUT2D eigenvalue weighted by atomic mass is 9.84. The van der Waals surface area contributed by atoms with Crippen molar-refractivity contribution in [3.05, 3.63) is 30.1 Å². The van der Waals surface area contributed by atoms with E-state index in [1.165, 1.54) is 30.6 Å². The number of fused-ring (bicyclic) bond motifs is 1. The van der Waals surface area contributed by atoms with Gasteiger partial charge in [-0.1, -0.05) is 37.7 Å². The van der Waals surface area contributed by atoms with Crippen molar-refractivity contribution >= 4 is 28.2 Å². The lowest BCUT2D eigenvalue weighted by Crippen LogP contribution is -2.25. The number of nitrogens with two attached hydrogens (primary N) is 1. The summed E-state index contributed by atoms with van der Waals surface area (Å²) in [5.41, 5.74) is 8.05. The van der Waals surface area contributed by atoms with Gasteiger partial charge in [0, 0.05) is 18.4 Å². The molecule has 0 saturated heterocycles. The molecule has 1 heterocycles. The minimum atomic E-state index is 0.200. The van der Waals surface area contributed by atoms with Crippen molar-refractivity contribution in [2.24, 2.45) is 11.7 Å². The molecule has 1 aliphatic rings. The standard InChI is InChI=1S/C15H19N3S/c1-10(14(16)19)9-18-13-8-3-2-7-12(13)17-15(18)11-5-4-6-11/h2-3,7-8,10-11H,4-6,9H2,1H3,(H2,16,19). The number of hydrogen-bond acceptors (Lipinski definition) is 2. The number of nitrogens with zero attached hydrogens (tertiary/aromatic N) is 2. The van der Waals surface area contributed by atoms with Gasteiger partial charge in [0.2, 0.25) is 0 Å². The number of imidazole rings is 1. The zero-order chi connectivity index (χ0) is 13.4. The molecule has 0 radical (unpaired) electrons. The molecule has 4 heteroatoms. The molecule has 0 bridgehead atoms. The van der Waals surface area contributed by atoms with E-state index in [0.29, 0.717) is 10.9 Å². The van der Waals surface area contributed by atoms with Crippen LogP contribution in [-0.4, -0.2) is 14.5 Å². The quantitative estimate of drug-likeness (QED) is 0.870. The molecule has 0 aliphatic heterocycles. The molecule has 1 unspecified atom stereocenters. The van der Waals surface area contributed by atoms with Gasteiger partial charge in [-0.15, -0.1) is 0 Å². The highest BCUT2D eigenvalue weighted by molar-refractivity contribution is 7.80. The summed E-state index contributed by atoms with van der Waals surface area (Å²) in [5.74, 6) is 2.04. The maximum Gasteiger partial charge on any atom is 0.113 e. The molecule has 100 valence electrons. The highest BCUT2D eigenvalue weighted by atomic mass is 32.1. The third-order valence-corrected chi connectivity index (χ3v) is 4.50. The van der Waals surface area contributed by atoms with Crippen molar-refractivity contribution < 1.29 is 0 Å². The first-order valence-corrected chi connectivity index (χ1v) is 7.32. The molecular formula is C15H19N3S. The first kappa shape index (κ1) is 12.6. The summed E-state index contributed by atoms with van der Waals surface area (Å²) in [6.45, 7) is 2.92. The Labute approximate surface area is 118 Å². The van der Waals surface area contributed by atoms with Crippen LogP contribution in [0.2, 0.25) is 0 Å². The molecule has 1 aromatic heterocycles. The number of benzene rings is 1. The number of para-hydroxylation sites is 2. The number of thiocarbonyl (C=S) groups is 1. The van der Waals surface area contributed by atoms with Gasteiger partial charge < -0.3 is 10.3 Å². The average Bonchev–Trinajstić information content (AvgIpc) is 2.66. The van der Waals surface area contributed by atoms with Gasteiger partial charge in [-0.25, -0.2) is 4.98 Å². The van der Waals surface area contributed by atoms with Crippen molar-refractivity contribution in [1.29, 1.82) is 0 Å². The second-order valence-corrected chi connectivity index (χ2v) is 5.97. The third-order valence-electron chi connectivity index (χ3n) is 4.10. The first-order valence-electron chi connectivity index (χ1n) is 6.91. The second kappa shape index (κ2) is 4.93. The summed E-state index contributed by atoms with van der Waals surface area (Å²) >= 11 is 5.11. The van der Waals surface area contributed by atoms with Crippen molar-refractivity contribution in [2.45, 2.75) is 38.6 Å². The monoisotopic (exact) mass is 273 g/mol. The summed E-state index contributed by atoms with van der Waals surface area (Å²) in [6.07, 6.45) is 3.83. The number of rotatable bonds is 4. The van der Waals surface area contributed by atoms with E-state index in [-0.39, 0.29) is 5.92 Å². The normalized spacial score (nSPS) is 17.3. The summed E-state index contributed by atoms with van der Waals surface area (Å²) in [5, 5.41) is 0. The van der Waals surface area contributed by atoms with Crippen molar-refractivity contribution in [2.75, 3.05) is 0 Å². The van der Waals surface area contributed by atoms with Crippen molar-refractivity contribution in [3.8, 4) is 0 Å². The minimum absolute atomic E-state index is 0.200. The van der Waals surface area contributed by atoms with E-state index in [1.54, 1.807) is 0 Å². The summed E-state index contributed by atoms with van der Waals surface area (Å²) < 4.78 is 2.32. The van der Waals surface area contributed by atoms with Gasteiger partial charge in [0.15, 0.2) is 0 Å². The minimum Gasteiger partial charge on any atom is -0.393 e. The van der Waals surface area contributed by atoms with Crippen molar-refractivity contribution in [3.63, 3.8) is 0 Å². The molecule has 1 fully saturated rings. The van der Waals surface area contributed by atoms with Gasteiger partial charge in [-0.2, -0.15) is 0 Å². The lowest BCUT2D eigenvalue weighted by Gasteiger charge is -2.26. The zero-order valence-corrected chi connectivity index (χ0v) is 12.0. The molecule has 1 atom stereocenters. The molecule has 1 saturated carbocycles. The topological polar surface area (TPSA) is 43.8 Å². The average molecular weight is 273 g/mol. The highest BCUT2D eigenvalue weighted by Crippen LogP contribution is 2.37. The van der Waals surface area contributed by atoms with Crippen LogP contribution in [0.25, 0.3) is 11.0 Å². The van der Waals surface area contributed by atoms with Gasteiger partial charge in [-0.05, 0) is 25.0 Å². The van der Waals surface area contributed by atoms with E-state index in [1.807, 2.05) is 6.07 Å². The zero-order valence-electron chi connectivity index (χ0n) is 11.2. The van der Waals surface area contributed by atoms with Crippen LogP contribution in [0.4, 0.5) is 0 Å². The van der Waals surface area contributed by atoms with Gasteiger partial charge >= 0.3 is 0 Å². The Morgan fingerprint density at radius 3 is 2.84 bits per heavy atom. The Morgan fingerprint density at radius 2 is 2.21 bits per heavy atom. The van der Waals surface area contributed by atoms with E-state index >= 15 is 0 Å². The molecule has 19 heavy (non-hydrogen) atoms. The van der Waals surface area contributed by atoms with Crippen molar-refractivity contribution in [1.82, 2.24) is 9.55 Å². The summed E-state index contributed by atoms with van der Waals surface area (Å²) in [6, 6.07) is 8.33. The predicted molar refractivity (Wildman–Crippen MR) is 82.3 cm³/mol. The largest absolute Gasteiger partial charge is 0.393 e. The SMILES string of the molecule is CC(Cn1c(C2CCC2)nc2ccccc21)C(N)=S. The predicted octanol–water partition coefficient (Wildman–Crippen LogP) is 3.23. The Morgan fingerprint density at radius 1 is 1.47 bits per heavy atom. The molecule has 3 rings (SSSR count). The molecule has 0 amide bonds. The second-order valence-electron chi connectivity index (χ2n) is 5.50. The fourth-order valence-electron chi connectivity index (χ4n) is 2.63. The van der Waals surface area contributed by atoms with Gasteiger partial charge in [0.25, 0.3) is 0 Å². The smallest absolute Gasteiger partial charge is 0.113 e.